The van der Waals surface area contributed by atoms with Gasteiger partial charge in [-0.2, -0.15) is 0 Å². The van der Waals surface area contributed by atoms with Gasteiger partial charge >= 0.3 is 0 Å². The molecule has 107 valence electrons. The van der Waals surface area contributed by atoms with E-state index in [4.69, 9.17) is 0 Å². The molecule has 0 aromatic heterocycles. The number of nitrogens with zero attached hydrogens (tertiary/aromatic N) is 1. The van der Waals surface area contributed by atoms with Crippen LogP contribution in [0, 0.1) is 0 Å². The van der Waals surface area contributed by atoms with Crippen molar-refractivity contribution < 1.29 is 4.79 Å². The van der Waals surface area contributed by atoms with Crippen molar-refractivity contribution in [3.05, 3.63) is 42.5 Å². The SMILES string of the molecule is CC(=O)NC1CCN([B]c2ccc3ccccc3c2)CC1. The summed E-state index contributed by atoms with van der Waals surface area (Å²) in [5, 5.41) is 5.56. The third kappa shape index (κ3) is 3.64. The molecule has 1 radical (unpaired) electrons. The minimum Gasteiger partial charge on any atom is -0.354 e. The molecule has 1 aliphatic heterocycles. The Kier molecular flexibility index (Phi) is 4.25. The van der Waals surface area contributed by atoms with Gasteiger partial charge in [-0.25, -0.2) is 0 Å². The highest BCUT2D eigenvalue weighted by molar-refractivity contribution is 6.51. The quantitative estimate of drug-likeness (QED) is 0.867. The zero-order valence-electron chi connectivity index (χ0n) is 12.4. The Hall–Kier alpha value is -1.81. The van der Waals surface area contributed by atoms with E-state index >= 15 is 0 Å². The lowest BCUT2D eigenvalue weighted by Crippen LogP contribution is -2.47. The van der Waals surface area contributed by atoms with Crippen molar-refractivity contribution in [2.24, 2.45) is 0 Å². The monoisotopic (exact) mass is 279 g/mol. The van der Waals surface area contributed by atoms with Crippen molar-refractivity contribution in [1.29, 1.82) is 0 Å². The summed E-state index contributed by atoms with van der Waals surface area (Å²) in [7, 11) is 2.23. The molecule has 1 N–H and O–H groups in total. The fraction of sp³-hybridized carbons (Fsp3) is 0.353. The van der Waals surface area contributed by atoms with Crippen molar-refractivity contribution in [1.82, 2.24) is 10.1 Å². The summed E-state index contributed by atoms with van der Waals surface area (Å²) < 4.78 is 0. The first kappa shape index (κ1) is 14.1. The number of fused-ring (bicyclic) bond motifs is 1. The smallest absolute Gasteiger partial charge is 0.247 e. The van der Waals surface area contributed by atoms with Gasteiger partial charge in [0.25, 0.3) is 0 Å². The Labute approximate surface area is 126 Å². The Morgan fingerprint density at radius 2 is 1.86 bits per heavy atom. The second-order valence-electron chi connectivity index (χ2n) is 5.75. The van der Waals surface area contributed by atoms with Crippen LogP contribution in [0.15, 0.2) is 42.5 Å². The third-order valence-electron chi connectivity index (χ3n) is 4.04. The van der Waals surface area contributed by atoms with Crippen LogP contribution < -0.4 is 10.8 Å². The van der Waals surface area contributed by atoms with Gasteiger partial charge in [0, 0.05) is 13.0 Å². The molecule has 0 aliphatic carbocycles. The highest BCUT2D eigenvalue weighted by Gasteiger charge is 2.20. The van der Waals surface area contributed by atoms with E-state index in [1.807, 2.05) is 0 Å². The average Bonchev–Trinajstić information content (AvgIpc) is 2.49. The molecule has 1 saturated heterocycles. The Morgan fingerprint density at radius 1 is 1.14 bits per heavy atom. The second-order valence-corrected chi connectivity index (χ2v) is 5.75. The first-order chi connectivity index (χ1) is 10.2. The van der Waals surface area contributed by atoms with Gasteiger partial charge < -0.3 is 10.1 Å². The Bertz CT molecular complexity index is 635. The summed E-state index contributed by atoms with van der Waals surface area (Å²) in [5.74, 6) is 0.0759. The van der Waals surface area contributed by atoms with E-state index in [0.717, 1.165) is 25.9 Å². The predicted octanol–water partition coefficient (Wildman–Crippen LogP) is 1.68. The number of amides is 1. The van der Waals surface area contributed by atoms with Crippen LogP contribution in [-0.2, 0) is 4.79 Å². The first-order valence-electron chi connectivity index (χ1n) is 7.55. The molecule has 2 aromatic rings. The van der Waals surface area contributed by atoms with Crippen molar-refractivity contribution in [3.63, 3.8) is 0 Å². The molecule has 2 aromatic carbocycles. The summed E-state index contributed by atoms with van der Waals surface area (Å²) in [4.78, 5) is 13.4. The van der Waals surface area contributed by atoms with Crippen LogP contribution in [0.2, 0.25) is 0 Å². The van der Waals surface area contributed by atoms with Crippen molar-refractivity contribution in [2.75, 3.05) is 13.1 Å². The molecule has 0 bridgehead atoms. The lowest BCUT2D eigenvalue weighted by atomic mass is 9.78. The number of carbonyl (C=O) groups excluding carboxylic acids is 1. The fourth-order valence-electron chi connectivity index (χ4n) is 2.96. The number of hydrogen-bond donors (Lipinski definition) is 1. The summed E-state index contributed by atoms with van der Waals surface area (Å²) in [6, 6.07) is 15.3. The molecule has 3 nitrogen and oxygen atoms in total. The molecule has 1 fully saturated rings. The van der Waals surface area contributed by atoms with E-state index in [2.05, 4.69) is 60.0 Å². The number of benzene rings is 2. The van der Waals surface area contributed by atoms with E-state index in [0.29, 0.717) is 6.04 Å². The third-order valence-corrected chi connectivity index (χ3v) is 4.04. The largest absolute Gasteiger partial charge is 0.354 e. The zero-order chi connectivity index (χ0) is 14.7. The minimum absolute atomic E-state index is 0.0759. The van der Waals surface area contributed by atoms with Crippen molar-refractivity contribution in [3.8, 4) is 0 Å². The average molecular weight is 279 g/mol. The van der Waals surface area contributed by atoms with Crippen molar-refractivity contribution in [2.45, 2.75) is 25.8 Å². The van der Waals surface area contributed by atoms with E-state index in [1.165, 1.54) is 16.2 Å². The van der Waals surface area contributed by atoms with Crippen LogP contribution in [0.5, 0.6) is 0 Å². The molecule has 3 rings (SSSR count). The molecular formula is C17H20BN2O. The fourth-order valence-corrected chi connectivity index (χ4v) is 2.96. The lowest BCUT2D eigenvalue weighted by molar-refractivity contribution is -0.119. The van der Waals surface area contributed by atoms with Crippen LogP contribution in [0.1, 0.15) is 19.8 Å². The summed E-state index contributed by atoms with van der Waals surface area (Å²) in [5.41, 5.74) is 1.24. The van der Waals surface area contributed by atoms with Crippen LogP contribution in [0.25, 0.3) is 10.8 Å². The summed E-state index contributed by atoms with van der Waals surface area (Å²) in [6.45, 7) is 3.59. The van der Waals surface area contributed by atoms with Gasteiger partial charge in [-0.05, 0) is 36.7 Å². The van der Waals surface area contributed by atoms with Crippen molar-refractivity contribution >= 4 is 29.6 Å². The summed E-state index contributed by atoms with van der Waals surface area (Å²) >= 11 is 0. The maximum Gasteiger partial charge on any atom is 0.247 e. The van der Waals surface area contributed by atoms with Gasteiger partial charge in [0.1, 0.15) is 0 Å². The van der Waals surface area contributed by atoms with Gasteiger partial charge in [0.05, 0.1) is 0 Å². The molecule has 0 unspecified atom stereocenters. The van der Waals surface area contributed by atoms with Crippen LogP contribution in [0.3, 0.4) is 0 Å². The molecule has 21 heavy (non-hydrogen) atoms. The molecule has 4 heteroatoms. The van der Waals surface area contributed by atoms with E-state index in [-0.39, 0.29) is 5.91 Å². The minimum atomic E-state index is 0.0759. The molecule has 1 heterocycles. The molecular weight excluding hydrogens is 259 g/mol. The maximum absolute atomic E-state index is 11.1. The highest BCUT2D eigenvalue weighted by atomic mass is 16.1. The van der Waals surface area contributed by atoms with Gasteiger partial charge in [-0.1, -0.05) is 47.9 Å². The maximum atomic E-state index is 11.1. The highest BCUT2D eigenvalue weighted by Crippen LogP contribution is 2.12. The van der Waals surface area contributed by atoms with Crippen LogP contribution in [-0.4, -0.2) is 37.3 Å². The number of rotatable bonds is 3. The van der Waals surface area contributed by atoms with Gasteiger partial charge in [-0.3, -0.25) is 4.79 Å². The summed E-state index contributed by atoms with van der Waals surface area (Å²) in [6.07, 6.45) is 2.04. The van der Waals surface area contributed by atoms with Gasteiger partial charge in [0.15, 0.2) is 0 Å². The first-order valence-corrected chi connectivity index (χ1v) is 7.55. The molecule has 1 aliphatic rings. The Balaban J connectivity index is 1.60. The molecule has 0 saturated carbocycles. The molecule has 1 amide bonds. The predicted molar refractivity (Wildman–Crippen MR) is 87.7 cm³/mol. The van der Waals surface area contributed by atoms with E-state index < -0.39 is 0 Å². The zero-order valence-corrected chi connectivity index (χ0v) is 12.4. The van der Waals surface area contributed by atoms with E-state index in [9.17, 15) is 4.79 Å². The van der Waals surface area contributed by atoms with Crippen LogP contribution in [0.4, 0.5) is 0 Å². The normalized spacial score (nSPS) is 16.8. The number of hydrogen-bond acceptors (Lipinski definition) is 2. The number of nitrogens with one attached hydrogen (secondary N) is 1. The second kappa shape index (κ2) is 6.31. The number of piperidine rings is 1. The number of carbonyl (C=O) groups is 1. The van der Waals surface area contributed by atoms with Gasteiger partial charge in [-0.15, -0.1) is 0 Å². The topological polar surface area (TPSA) is 32.3 Å². The lowest BCUT2D eigenvalue weighted by Gasteiger charge is -2.32. The van der Waals surface area contributed by atoms with Gasteiger partial charge in [0.2, 0.25) is 13.3 Å². The molecule has 0 atom stereocenters. The Morgan fingerprint density at radius 3 is 2.57 bits per heavy atom. The van der Waals surface area contributed by atoms with E-state index in [1.54, 1.807) is 6.92 Å². The standard InChI is InChI=1S/C17H20BN2O/c1-13(21)19-17-8-10-20(11-9-17)18-16-7-6-14-4-2-3-5-15(14)12-16/h2-7,12,17H,8-11H2,1H3,(H,19,21). The molecule has 0 spiro atoms. The van der Waals surface area contributed by atoms with Crippen LogP contribution >= 0.6 is 0 Å².